The van der Waals surface area contributed by atoms with E-state index in [1.807, 2.05) is 24.3 Å². The van der Waals surface area contributed by atoms with Gasteiger partial charge in [-0.15, -0.1) is 0 Å². The standard InChI is InChI=1S/C15H21N3O3/c1-15(2,3)21-14(20)18-9-10-7-5-6-8-11(10)12(16)13(19)17(18)4/h5-8,12H,9,16H2,1-4H3/t12-/m1/s1. The van der Waals surface area contributed by atoms with Crippen molar-refractivity contribution < 1.29 is 14.3 Å². The highest BCUT2D eigenvalue weighted by Gasteiger charge is 2.35. The van der Waals surface area contributed by atoms with Crippen LogP contribution in [0.3, 0.4) is 0 Å². The third kappa shape index (κ3) is 3.16. The zero-order chi connectivity index (χ0) is 15.8. The number of carbonyl (C=O) groups is 2. The summed E-state index contributed by atoms with van der Waals surface area (Å²) in [7, 11) is 1.53. The number of benzene rings is 1. The lowest BCUT2D eigenvalue weighted by atomic mass is 10.0. The summed E-state index contributed by atoms with van der Waals surface area (Å²) in [5.41, 5.74) is 6.95. The van der Waals surface area contributed by atoms with Crippen molar-refractivity contribution >= 4 is 12.0 Å². The van der Waals surface area contributed by atoms with Crippen molar-refractivity contribution in [2.24, 2.45) is 5.73 Å². The molecule has 0 radical (unpaired) electrons. The number of hydrogen-bond donors (Lipinski definition) is 1. The Bertz CT molecular complexity index is 566. The van der Waals surface area contributed by atoms with E-state index in [0.29, 0.717) is 0 Å². The molecule has 1 aliphatic heterocycles. The van der Waals surface area contributed by atoms with Crippen molar-refractivity contribution in [3.8, 4) is 0 Å². The molecular formula is C15H21N3O3. The number of nitrogens with two attached hydrogens (primary N) is 1. The van der Waals surface area contributed by atoms with Crippen LogP contribution >= 0.6 is 0 Å². The first kappa shape index (κ1) is 15.3. The largest absolute Gasteiger partial charge is 0.442 e. The van der Waals surface area contributed by atoms with Crippen LogP contribution in [-0.2, 0) is 16.1 Å². The number of amides is 2. The van der Waals surface area contributed by atoms with Crippen molar-refractivity contribution in [2.75, 3.05) is 7.05 Å². The van der Waals surface area contributed by atoms with E-state index in [1.165, 1.54) is 17.1 Å². The van der Waals surface area contributed by atoms with Gasteiger partial charge in [0.05, 0.1) is 6.54 Å². The van der Waals surface area contributed by atoms with Crippen molar-refractivity contribution in [2.45, 2.75) is 39.0 Å². The predicted octanol–water partition coefficient (Wildman–Crippen LogP) is 1.81. The van der Waals surface area contributed by atoms with E-state index in [4.69, 9.17) is 10.5 Å². The van der Waals surface area contributed by atoms with Gasteiger partial charge in [-0.2, -0.15) is 0 Å². The summed E-state index contributed by atoms with van der Waals surface area (Å²) >= 11 is 0. The molecule has 0 unspecified atom stereocenters. The van der Waals surface area contributed by atoms with Gasteiger partial charge in [-0.1, -0.05) is 24.3 Å². The number of hydrogen-bond acceptors (Lipinski definition) is 4. The van der Waals surface area contributed by atoms with E-state index in [2.05, 4.69) is 0 Å². The quantitative estimate of drug-likeness (QED) is 0.791. The predicted molar refractivity (Wildman–Crippen MR) is 77.9 cm³/mol. The second-order valence-electron chi connectivity index (χ2n) is 6.08. The van der Waals surface area contributed by atoms with Gasteiger partial charge in [-0.3, -0.25) is 4.79 Å². The number of ether oxygens (including phenoxy) is 1. The summed E-state index contributed by atoms with van der Waals surface area (Å²) < 4.78 is 5.35. The van der Waals surface area contributed by atoms with Crippen molar-refractivity contribution in [1.29, 1.82) is 0 Å². The zero-order valence-electron chi connectivity index (χ0n) is 12.8. The van der Waals surface area contributed by atoms with Crippen molar-refractivity contribution in [3.63, 3.8) is 0 Å². The highest BCUT2D eigenvalue weighted by molar-refractivity contribution is 5.86. The molecule has 1 aromatic rings. The summed E-state index contributed by atoms with van der Waals surface area (Å²) in [6.45, 7) is 5.60. The zero-order valence-corrected chi connectivity index (χ0v) is 12.8. The molecule has 1 aromatic carbocycles. The van der Waals surface area contributed by atoms with Crippen LogP contribution in [0.25, 0.3) is 0 Å². The first-order valence-electron chi connectivity index (χ1n) is 6.82. The minimum atomic E-state index is -0.779. The molecule has 0 bridgehead atoms. The lowest BCUT2D eigenvalue weighted by molar-refractivity contribution is -0.146. The van der Waals surface area contributed by atoms with Gasteiger partial charge in [0.1, 0.15) is 11.6 Å². The fourth-order valence-corrected chi connectivity index (χ4v) is 2.20. The summed E-state index contributed by atoms with van der Waals surface area (Å²) in [5.74, 6) is -0.342. The third-order valence-corrected chi connectivity index (χ3v) is 3.26. The number of rotatable bonds is 0. The Morgan fingerprint density at radius 1 is 1.33 bits per heavy atom. The van der Waals surface area contributed by atoms with Crippen LogP contribution in [0.5, 0.6) is 0 Å². The van der Waals surface area contributed by atoms with Crippen LogP contribution in [0, 0.1) is 0 Å². The van der Waals surface area contributed by atoms with E-state index in [9.17, 15) is 9.59 Å². The van der Waals surface area contributed by atoms with Crippen molar-refractivity contribution in [3.05, 3.63) is 35.4 Å². The normalized spacial score (nSPS) is 19.1. The Labute approximate surface area is 124 Å². The molecular weight excluding hydrogens is 270 g/mol. The molecule has 1 aliphatic rings. The molecule has 2 rings (SSSR count). The third-order valence-electron chi connectivity index (χ3n) is 3.26. The van der Waals surface area contributed by atoms with E-state index in [0.717, 1.165) is 11.1 Å². The molecule has 0 aromatic heterocycles. The molecule has 2 N–H and O–H groups in total. The molecule has 1 heterocycles. The van der Waals surface area contributed by atoms with Gasteiger partial charge in [-0.05, 0) is 31.9 Å². The van der Waals surface area contributed by atoms with Gasteiger partial charge >= 0.3 is 6.09 Å². The Morgan fingerprint density at radius 3 is 2.57 bits per heavy atom. The minimum absolute atomic E-state index is 0.251. The molecule has 6 heteroatoms. The Morgan fingerprint density at radius 2 is 1.95 bits per heavy atom. The number of fused-ring (bicyclic) bond motifs is 1. The topological polar surface area (TPSA) is 75.9 Å². The fraction of sp³-hybridized carbons (Fsp3) is 0.467. The molecule has 1 atom stereocenters. The number of likely N-dealkylation sites (N-methyl/N-ethyl adjacent to an activating group) is 1. The SMILES string of the molecule is CN1C(=O)[C@H](N)c2ccccc2CN1C(=O)OC(C)(C)C. The van der Waals surface area contributed by atoms with E-state index in [1.54, 1.807) is 20.8 Å². The van der Waals surface area contributed by atoms with E-state index < -0.39 is 17.7 Å². The van der Waals surface area contributed by atoms with Crippen LogP contribution < -0.4 is 5.73 Å². The lowest BCUT2D eigenvalue weighted by Gasteiger charge is -2.32. The molecule has 0 saturated carbocycles. The number of hydrazine groups is 1. The lowest BCUT2D eigenvalue weighted by Crippen LogP contribution is -2.49. The molecule has 0 fully saturated rings. The Balaban J connectivity index is 2.36. The maximum Gasteiger partial charge on any atom is 0.429 e. The van der Waals surface area contributed by atoms with Gasteiger partial charge in [0.25, 0.3) is 5.91 Å². The first-order valence-corrected chi connectivity index (χ1v) is 6.82. The number of carbonyl (C=O) groups excluding carboxylic acids is 2. The Kier molecular flexibility index (Phi) is 3.91. The van der Waals surface area contributed by atoms with E-state index in [-0.39, 0.29) is 12.5 Å². The second-order valence-corrected chi connectivity index (χ2v) is 6.08. The first-order chi connectivity index (χ1) is 9.70. The molecule has 0 aliphatic carbocycles. The summed E-state index contributed by atoms with van der Waals surface area (Å²) in [6, 6.07) is 6.58. The van der Waals surface area contributed by atoms with Gasteiger partial charge < -0.3 is 10.5 Å². The second kappa shape index (κ2) is 5.37. The monoisotopic (exact) mass is 291 g/mol. The van der Waals surface area contributed by atoms with Gasteiger partial charge in [0.15, 0.2) is 0 Å². The van der Waals surface area contributed by atoms with Crippen molar-refractivity contribution in [1.82, 2.24) is 10.0 Å². The average Bonchev–Trinajstić information content (AvgIpc) is 2.48. The molecule has 2 amide bonds. The van der Waals surface area contributed by atoms with Crippen LogP contribution in [-0.4, -0.2) is 34.7 Å². The van der Waals surface area contributed by atoms with Gasteiger partial charge in [0, 0.05) is 7.05 Å². The summed E-state index contributed by atoms with van der Waals surface area (Å²) in [5, 5.41) is 2.51. The maximum absolute atomic E-state index is 12.3. The van der Waals surface area contributed by atoms with Gasteiger partial charge in [-0.25, -0.2) is 14.8 Å². The van der Waals surface area contributed by atoms with Crippen LogP contribution in [0.4, 0.5) is 4.79 Å². The smallest absolute Gasteiger partial charge is 0.429 e. The molecule has 0 spiro atoms. The van der Waals surface area contributed by atoms with Gasteiger partial charge in [0.2, 0.25) is 0 Å². The maximum atomic E-state index is 12.3. The van der Waals surface area contributed by atoms with Crippen LogP contribution in [0.15, 0.2) is 24.3 Å². The molecule has 114 valence electrons. The summed E-state index contributed by atoms with van der Waals surface area (Å²) in [4.78, 5) is 24.6. The van der Waals surface area contributed by atoms with Crippen LogP contribution in [0.2, 0.25) is 0 Å². The van der Waals surface area contributed by atoms with Crippen LogP contribution in [0.1, 0.15) is 37.9 Å². The molecule has 21 heavy (non-hydrogen) atoms. The summed E-state index contributed by atoms with van der Waals surface area (Å²) in [6.07, 6.45) is -0.567. The highest BCUT2D eigenvalue weighted by atomic mass is 16.6. The minimum Gasteiger partial charge on any atom is -0.442 e. The Hall–Kier alpha value is -2.08. The van der Waals surface area contributed by atoms with E-state index >= 15 is 0 Å². The fourth-order valence-electron chi connectivity index (χ4n) is 2.20. The molecule has 6 nitrogen and oxygen atoms in total. The number of nitrogens with zero attached hydrogens (tertiary/aromatic N) is 2. The molecule has 0 saturated heterocycles. The average molecular weight is 291 g/mol. The highest BCUT2D eigenvalue weighted by Crippen LogP contribution is 2.25.